The van der Waals surface area contributed by atoms with Crippen molar-refractivity contribution in [3.05, 3.63) is 64.2 Å². The Bertz CT molecular complexity index is 1040. The Balaban J connectivity index is 2.06. The molecule has 2 rings (SSSR count). The third-order valence-electron chi connectivity index (χ3n) is 4.58. The van der Waals surface area contributed by atoms with Crippen LogP contribution in [0.15, 0.2) is 48.5 Å². The van der Waals surface area contributed by atoms with E-state index in [9.17, 15) is 23.3 Å². The van der Waals surface area contributed by atoms with E-state index in [1.165, 1.54) is 25.1 Å². The molecule has 1 amide bonds. The van der Waals surface area contributed by atoms with Crippen LogP contribution >= 0.6 is 0 Å². The number of nitro groups is 1. The van der Waals surface area contributed by atoms with E-state index in [1.807, 2.05) is 24.3 Å². The van der Waals surface area contributed by atoms with Crippen molar-refractivity contribution in [1.29, 1.82) is 0 Å². The van der Waals surface area contributed by atoms with Crippen molar-refractivity contribution in [1.82, 2.24) is 5.32 Å². The molecule has 0 unspecified atom stereocenters. The third kappa shape index (κ3) is 6.42. The van der Waals surface area contributed by atoms with E-state index < -0.39 is 26.9 Å². The zero-order chi connectivity index (χ0) is 23.2. The van der Waals surface area contributed by atoms with Gasteiger partial charge in [-0.15, -0.1) is 0 Å². The van der Waals surface area contributed by atoms with Crippen molar-refractivity contribution in [2.24, 2.45) is 0 Å². The summed E-state index contributed by atoms with van der Waals surface area (Å²) in [4.78, 5) is 23.0. The highest BCUT2D eigenvalue weighted by Gasteiger charge is 2.29. The van der Waals surface area contributed by atoms with Gasteiger partial charge in [-0.05, 0) is 30.5 Å². The minimum Gasteiger partial charge on any atom is -0.491 e. The molecule has 0 spiro atoms. The van der Waals surface area contributed by atoms with Crippen molar-refractivity contribution in [3.8, 4) is 5.75 Å². The lowest BCUT2D eigenvalue weighted by atomic mass is 10.0. The Hall–Kier alpha value is -3.14. The van der Waals surface area contributed by atoms with Gasteiger partial charge in [0.2, 0.25) is 15.9 Å². The SMILES string of the molecule is CC(C)c1ccccc1OCCNC(=O)[C@@H](C)N(c1cccc([N+](=O)[O-])c1)S(C)(=O)=O. The number of hydrogen-bond acceptors (Lipinski definition) is 6. The predicted molar refractivity (Wildman–Crippen MR) is 119 cm³/mol. The lowest BCUT2D eigenvalue weighted by molar-refractivity contribution is -0.384. The number of non-ortho nitro benzene ring substituents is 1. The summed E-state index contributed by atoms with van der Waals surface area (Å²) in [5, 5.41) is 13.7. The number of nitro benzene ring substituents is 1. The van der Waals surface area contributed by atoms with Gasteiger partial charge in [0.05, 0.1) is 23.4 Å². The van der Waals surface area contributed by atoms with Gasteiger partial charge < -0.3 is 10.1 Å². The first kappa shape index (κ1) is 24.1. The Kier molecular flexibility index (Phi) is 7.98. The van der Waals surface area contributed by atoms with E-state index in [0.717, 1.165) is 27.9 Å². The molecule has 10 heteroatoms. The molecule has 0 aromatic heterocycles. The molecule has 2 aromatic rings. The van der Waals surface area contributed by atoms with E-state index in [0.29, 0.717) is 0 Å². The highest BCUT2D eigenvalue weighted by atomic mass is 32.2. The zero-order valence-electron chi connectivity index (χ0n) is 17.9. The van der Waals surface area contributed by atoms with E-state index in [-0.39, 0.29) is 30.4 Å². The molecule has 0 bridgehead atoms. The summed E-state index contributed by atoms with van der Waals surface area (Å²) in [6.07, 6.45) is 0.946. The number of sulfonamides is 1. The van der Waals surface area contributed by atoms with Crippen LogP contribution in [-0.2, 0) is 14.8 Å². The van der Waals surface area contributed by atoms with Crippen molar-refractivity contribution in [3.63, 3.8) is 0 Å². The van der Waals surface area contributed by atoms with Crippen LogP contribution in [0.2, 0.25) is 0 Å². The molecule has 31 heavy (non-hydrogen) atoms. The molecule has 168 valence electrons. The Labute approximate surface area is 182 Å². The Morgan fingerprint density at radius 1 is 1.16 bits per heavy atom. The summed E-state index contributed by atoms with van der Waals surface area (Å²) in [6, 6.07) is 11.7. The lowest BCUT2D eigenvalue weighted by Crippen LogP contribution is -2.48. The number of hydrogen-bond donors (Lipinski definition) is 1. The number of anilines is 1. The van der Waals surface area contributed by atoms with Gasteiger partial charge in [-0.3, -0.25) is 19.2 Å². The van der Waals surface area contributed by atoms with Crippen LogP contribution in [0, 0.1) is 10.1 Å². The van der Waals surface area contributed by atoms with Crippen LogP contribution in [0.3, 0.4) is 0 Å². The fourth-order valence-electron chi connectivity index (χ4n) is 3.12. The number of nitrogens with one attached hydrogen (secondary N) is 1. The fourth-order valence-corrected chi connectivity index (χ4v) is 4.29. The van der Waals surface area contributed by atoms with Gasteiger partial charge in [-0.2, -0.15) is 0 Å². The van der Waals surface area contributed by atoms with E-state index in [1.54, 1.807) is 0 Å². The summed E-state index contributed by atoms with van der Waals surface area (Å²) in [5.41, 5.74) is 0.827. The highest BCUT2D eigenvalue weighted by Crippen LogP contribution is 2.26. The number of amides is 1. The summed E-state index contributed by atoms with van der Waals surface area (Å²) in [5.74, 6) is 0.468. The van der Waals surface area contributed by atoms with Crippen LogP contribution in [0.4, 0.5) is 11.4 Å². The minimum atomic E-state index is -3.87. The van der Waals surface area contributed by atoms with Crippen molar-refractivity contribution >= 4 is 27.3 Å². The molecule has 0 aliphatic rings. The van der Waals surface area contributed by atoms with Gasteiger partial charge in [-0.1, -0.05) is 38.1 Å². The van der Waals surface area contributed by atoms with Crippen LogP contribution in [0.1, 0.15) is 32.3 Å². The van der Waals surface area contributed by atoms with Crippen molar-refractivity contribution < 1.29 is 22.9 Å². The number of carbonyl (C=O) groups is 1. The number of ether oxygens (including phenoxy) is 1. The first-order chi connectivity index (χ1) is 14.5. The Morgan fingerprint density at radius 2 is 1.84 bits per heavy atom. The van der Waals surface area contributed by atoms with Crippen molar-refractivity contribution in [2.75, 3.05) is 23.7 Å². The summed E-state index contributed by atoms with van der Waals surface area (Å²) >= 11 is 0. The topological polar surface area (TPSA) is 119 Å². The first-order valence-corrected chi connectivity index (χ1v) is 11.6. The molecule has 0 radical (unpaired) electrons. The van der Waals surface area contributed by atoms with Gasteiger partial charge in [0.1, 0.15) is 18.4 Å². The largest absolute Gasteiger partial charge is 0.491 e. The maximum Gasteiger partial charge on any atom is 0.271 e. The molecule has 0 aliphatic heterocycles. The highest BCUT2D eigenvalue weighted by molar-refractivity contribution is 7.92. The predicted octanol–water partition coefficient (Wildman–Crippen LogP) is 3.07. The number of rotatable bonds is 10. The standard InChI is InChI=1S/C21H27N3O6S/c1-15(2)19-10-5-6-11-20(19)30-13-12-22-21(25)16(3)23(31(4,28)29)17-8-7-9-18(14-17)24(26)27/h5-11,14-16H,12-13H2,1-4H3,(H,22,25)/t16-/m1/s1. The van der Waals surface area contributed by atoms with Crippen molar-refractivity contribution in [2.45, 2.75) is 32.7 Å². The van der Waals surface area contributed by atoms with Gasteiger partial charge in [0.15, 0.2) is 0 Å². The third-order valence-corrected chi connectivity index (χ3v) is 5.83. The average molecular weight is 450 g/mol. The normalized spacial score (nSPS) is 12.3. The van der Waals surface area contributed by atoms with Gasteiger partial charge in [0.25, 0.3) is 5.69 Å². The minimum absolute atomic E-state index is 0.0430. The maximum absolute atomic E-state index is 12.6. The maximum atomic E-state index is 12.6. The molecular formula is C21H27N3O6S. The molecule has 0 heterocycles. The number of para-hydroxylation sites is 1. The lowest BCUT2D eigenvalue weighted by Gasteiger charge is -2.28. The monoisotopic (exact) mass is 449 g/mol. The van der Waals surface area contributed by atoms with Crippen LogP contribution < -0.4 is 14.4 Å². The smallest absolute Gasteiger partial charge is 0.271 e. The van der Waals surface area contributed by atoms with Gasteiger partial charge in [-0.25, -0.2) is 8.42 Å². The second-order valence-electron chi connectivity index (χ2n) is 7.34. The van der Waals surface area contributed by atoms with Crippen LogP contribution in [0.25, 0.3) is 0 Å². The molecule has 9 nitrogen and oxygen atoms in total. The van der Waals surface area contributed by atoms with E-state index >= 15 is 0 Å². The molecule has 1 atom stereocenters. The second kappa shape index (κ2) is 10.3. The number of benzene rings is 2. The zero-order valence-corrected chi connectivity index (χ0v) is 18.8. The Morgan fingerprint density at radius 3 is 2.45 bits per heavy atom. The quantitative estimate of drug-likeness (QED) is 0.338. The molecule has 0 saturated heterocycles. The van der Waals surface area contributed by atoms with Crippen LogP contribution in [0.5, 0.6) is 5.75 Å². The fraction of sp³-hybridized carbons (Fsp3) is 0.381. The van der Waals surface area contributed by atoms with E-state index in [2.05, 4.69) is 19.2 Å². The summed E-state index contributed by atoms with van der Waals surface area (Å²) < 4.78 is 31.3. The summed E-state index contributed by atoms with van der Waals surface area (Å²) in [7, 11) is -3.87. The molecule has 1 N–H and O–H groups in total. The molecule has 0 saturated carbocycles. The molecule has 2 aromatic carbocycles. The number of carbonyl (C=O) groups excluding carboxylic acids is 1. The van der Waals surface area contributed by atoms with Gasteiger partial charge >= 0.3 is 0 Å². The number of nitrogens with zero attached hydrogens (tertiary/aromatic N) is 2. The second-order valence-corrected chi connectivity index (χ2v) is 9.20. The van der Waals surface area contributed by atoms with Crippen LogP contribution in [-0.4, -0.2) is 44.7 Å². The summed E-state index contributed by atoms with van der Waals surface area (Å²) in [6.45, 7) is 5.91. The average Bonchev–Trinajstić information content (AvgIpc) is 2.70. The first-order valence-electron chi connectivity index (χ1n) is 9.75. The van der Waals surface area contributed by atoms with Gasteiger partial charge in [0, 0.05) is 12.1 Å². The van der Waals surface area contributed by atoms with E-state index in [4.69, 9.17) is 4.74 Å². The molecule has 0 aliphatic carbocycles. The molecular weight excluding hydrogens is 422 g/mol. The molecule has 0 fully saturated rings.